The maximum Gasteiger partial charge on any atom is 0.316 e. The standard InChI is InChI=1S/C14H16N2O3S/c17-13(16-10-5-12(14(18)19)20-7-10)9-4-8-2-1-3-11(8)15-6-9/h4,6,10,12H,1-3,5,7H2,(H,16,17)(H,18,19)/t10-,12-/m0/s1. The molecule has 3 rings (SSSR count). The number of amides is 1. The van der Waals surface area contributed by atoms with E-state index in [-0.39, 0.29) is 11.9 Å². The van der Waals surface area contributed by atoms with Gasteiger partial charge in [-0.15, -0.1) is 11.8 Å². The summed E-state index contributed by atoms with van der Waals surface area (Å²) < 4.78 is 0. The lowest BCUT2D eigenvalue weighted by Crippen LogP contribution is -2.35. The SMILES string of the molecule is O=C(N[C@@H]1CS[C@H](C(=O)O)C1)c1cnc2c(c1)CCC2. The maximum atomic E-state index is 12.2. The number of carboxylic acid groups (broad SMARTS) is 1. The van der Waals surface area contributed by atoms with Crippen molar-refractivity contribution in [2.45, 2.75) is 37.0 Å². The molecule has 0 saturated carbocycles. The first-order valence-electron chi connectivity index (χ1n) is 6.76. The Hall–Kier alpha value is -1.56. The zero-order chi connectivity index (χ0) is 14.1. The number of aryl methyl sites for hydroxylation is 2. The number of aliphatic carboxylic acids is 1. The monoisotopic (exact) mass is 292 g/mol. The average molecular weight is 292 g/mol. The van der Waals surface area contributed by atoms with Gasteiger partial charge in [0, 0.05) is 23.7 Å². The van der Waals surface area contributed by atoms with Crippen LogP contribution in [0.15, 0.2) is 12.3 Å². The predicted octanol–water partition coefficient (Wildman–Crippen LogP) is 1.26. The van der Waals surface area contributed by atoms with Crippen LogP contribution < -0.4 is 5.32 Å². The number of nitrogens with zero attached hydrogens (tertiary/aromatic N) is 1. The molecule has 2 N–H and O–H groups in total. The van der Waals surface area contributed by atoms with Gasteiger partial charge in [0.2, 0.25) is 0 Å². The Kier molecular flexibility index (Phi) is 3.65. The smallest absolute Gasteiger partial charge is 0.316 e. The van der Waals surface area contributed by atoms with Crippen LogP contribution in [0.3, 0.4) is 0 Å². The van der Waals surface area contributed by atoms with Gasteiger partial charge in [0.1, 0.15) is 5.25 Å². The summed E-state index contributed by atoms with van der Waals surface area (Å²) in [6, 6.07) is 1.85. The van der Waals surface area contributed by atoms with Gasteiger partial charge in [0.05, 0.1) is 5.56 Å². The zero-order valence-electron chi connectivity index (χ0n) is 11.0. The molecule has 2 atom stereocenters. The third-order valence-electron chi connectivity index (χ3n) is 3.79. The second-order valence-corrected chi connectivity index (χ2v) is 6.49. The van der Waals surface area contributed by atoms with Gasteiger partial charge in [-0.2, -0.15) is 0 Å². The molecular formula is C14H16N2O3S. The minimum absolute atomic E-state index is 0.0677. The van der Waals surface area contributed by atoms with Crippen molar-refractivity contribution in [3.8, 4) is 0 Å². The van der Waals surface area contributed by atoms with Crippen LogP contribution in [-0.2, 0) is 17.6 Å². The number of carbonyl (C=O) groups excluding carboxylic acids is 1. The van der Waals surface area contributed by atoms with E-state index < -0.39 is 11.2 Å². The topological polar surface area (TPSA) is 79.3 Å². The van der Waals surface area contributed by atoms with Gasteiger partial charge in [-0.25, -0.2) is 0 Å². The summed E-state index contributed by atoms with van der Waals surface area (Å²) in [5, 5.41) is 11.4. The number of hydrogen-bond acceptors (Lipinski definition) is 4. The Morgan fingerprint density at radius 1 is 1.40 bits per heavy atom. The van der Waals surface area contributed by atoms with E-state index in [4.69, 9.17) is 5.11 Å². The Balaban J connectivity index is 1.64. The molecule has 0 radical (unpaired) electrons. The summed E-state index contributed by atoms with van der Waals surface area (Å²) in [4.78, 5) is 27.4. The fraction of sp³-hybridized carbons (Fsp3) is 0.500. The number of aromatic nitrogens is 1. The molecule has 20 heavy (non-hydrogen) atoms. The van der Waals surface area contributed by atoms with Crippen LogP contribution >= 0.6 is 11.8 Å². The predicted molar refractivity (Wildman–Crippen MR) is 76.0 cm³/mol. The van der Waals surface area contributed by atoms with Crippen molar-refractivity contribution in [3.05, 3.63) is 29.1 Å². The van der Waals surface area contributed by atoms with Crippen LogP contribution in [0.5, 0.6) is 0 Å². The molecule has 106 valence electrons. The van der Waals surface area contributed by atoms with Crippen LogP contribution in [0, 0.1) is 0 Å². The van der Waals surface area contributed by atoms with E-state index in [1.807, 2.05) is 6.07 Å². The summed E-state index contributed by atoms with van der Waals surface area (Å²) in [6.45, 7) is 0. The van der Waals surface area contributed by atoms with Gasteiger partial charge < -0.3 is 10.4 Å². The highest BCUT2D eigenvalue weighted by Gasteiger charge is 2.31. The van der Waals surface area contributed by atoms with E-state index in [9.17, 15) is 9.59 Å². The number of thioether (sulfide) groups is 1. The van der Waals surface area contributed by atoms with Crippen molar-refractivity contribution in [1.29, 1.82) is 0 Å². The summed E-state index contributed by atoms with van der Waals surface area (Å²) in [7, 11) is 0. The van der Waals surface area contributed by atoms with Gasteiger partial charge in [0.25, 0.3) is 5.91 Å². The molecule has 0 spiro atoms. The van der Waals surface area contributed by atoms with E-state index in [0.717, 1.165) is 25.0 Å². The highest BCUT2D eigenvalue weighted by molar-refractivity contribution is 8.00. The highest BCUT2D eigenvalue weighted by atomic mass is 32.2. The summed E-state index contributed by atoms with van der Waals surface area (Å²) in [5.74, 6) is -0.295. The zero-order valence-corrected chi connectivity index (χ0v) is 11.8. The molecule has 0 unspecified atom stereocenters. The number of carbonyl (C=O) groups is 2. The first-order valence-corrected chi connectivity index (χ1v) is 7.81. The second-order valence-electron chi connectivity index (χ2n) is 5.25. The molecule has 2 aliphatic rings. The maximum absolute atomic E-state index is 12.2. The number of hydrogen-bond donors (Lipinski definition) is 2. The quantitative estimate of drug-likeness (QED) is 0.877. The molecule has 2 heterocycles. The molecule has 0 bridgehead atoms. The van der Waals surface area contributed by atoms with Crippen molar-refractivity contribution in [3.63, 3.8) is 0 Å². The highest BCUT2D eigenvalue weighted by Crippen LogP contribution is 2.27. The van der Waals surface area contributed by atoms with Gasteiger partial charge >= 0.3 is 5.97 Å². The Labute approximate surface area is 121 Å². The van der Waals surface area contributed by atoms with Crippen LogP contribution in [0.1, 0.15) is 34.5 Å². The molecule has 1 saturated heterocycles. The minimum Gasteiger partial charge on any atom is -0.480 e. The van der Waals surface area contributed by atoms with E-state index in [1.54, 1.807) is 6.20 Å². The molecule has 1 aromatic heterocycles. The Morgan fingerprint density at radius 2 is 2.25 bits per heavy atom. The van der Waals surface area contributed by atoms with Crippen molar-refractivity contribution < 1.29 is 14.7 Å². The Morgan fingerprint density at radius 3 is 3.00 bits per heavy atom. The number of nitrogens with one attached hydrogen (secondary N) is 1. The van der Waals surface area contributed by atoms with Gasteiger partial charge in [0.15, 0.2) is 0 Å². The van der Waals surface area contributed by atoms with Crippen LogP contribution in [0.2, 0.25) is 0 Å². The summed E-state index contributed by atoms with van der Waals surface area (Å²) in [5.41, 5.74) is 2.85. The van der Waals surface area contributed by atoms with Crippen molar-refractivity contribution in [2.24, 2.45) is 0 Å². The van der Waals surface area contributed by atoms with E-state index in [2.05, 4.69) is 10.3 Å². The number of rotatable bonds is 3. The van der Waals surface area contributed by atoms with Crippen LogP contribution in [0.4, 0.5) is 0 Å². The number of fused-ring (bicyclic) bond motifs is 1. The number of pyridine rings is 1. The van der Waals surface area contributed by atoms with Gasteiger partial charge in [-0.1, -0.05) is 0 Å². The molecule has 5 nitrogen and oxygen atoms in total. The van der Waals surface area contributed by atoms with E-state index >= 15 is 0 Å². The number of carboxylic acids is 1. The first kappa shape index (κ1) is 13.4. The second kappa shape index (κ2) is 5.44. The normalized spacial score (nSPS) is 24.4. The van der Waals surface area contributed by atoms with E-state index in [0.29, 0.717) is 17.7 Å². The third-order valence-corrected chi connectivity index (χ3v) is 5.18. The minimum atomic E-state index is -0.800. The molecule has 0 aromatic carbocycles. The Bertz CT molecular complexity index is 561. The van der Waals surface area contributed by atoms with E-state index in [1.165, 1.54) is 17.3 Å². The molecule has 1 aliphatic heterocycles. The lowest BCUT2D eigenvalue weighted by molar-refractivity contribution is -0.136. The fourth-order valence-corrected chi connectivity index (χ4v) is 3.91. The molecule has 6 heteroatoms. The molecule has 1 aliphatic carbocycles. The largest absolute Gasteiger partial charge is 0.480 e. The summed E-state index contributed by atoms with van der Waals surface area (Å²) in [6.07, 6.45) is 5.20. The summed E-state index contributed by atoms with van der Waals surface area (Å²) >= 11 is 1.39. The van der Waals surface area contributed by atoms with Crippen molar-refractivity contribution in [2.75, 3.05) is 5.75 Å². The molecule has 1 aromatic rings. The third kappa shape index (κ3) is 2.65. The lowest BCUT2D eigenvalue weighted by Gasteiger charge is -2.12. The molecule has 1 amide bonds. The molecular weight excluding hydrogens is 276 g/mol. The first-order chi connectivity index (χ1) is 9.63. The van der Waals surface area contributed by atoms with Crippen molar-refractivity contribution in [1.82, 2.24) is 10.3 Å². The van der Waals surface area contributed by atoms with Crippen LogP contribution in [0.25, 0.3) is 0 Å². The molecule has 1 fully saturated rings. The van der Waals surface area contributed by atoms with Gasteiger partial charge in [-0.3, -0.25) is 14.6 Å². The van der Waals surface area contributed by atoms with Crippen LogP contribution in [-0.4, -0.2) is 39.0 Å². The lowest BCUT2D eigenvalue weighted by atomic mass is 10.1. The average Bonchev–Trinajstić information content (AvgIpc) is 3.05. The fourth-order valence-electron chi connectivity index (χ4n) is 2.72. The van der Waals surface area contributed by atoms with Gasteiger partial charge in [-0.05, 0) is 37.3 Å². The van der Waals surface area contributed by atoms with Crippen molar-refractivity contribution >= 4 is 23.6 Å².